The summed E-state index contributed by atoms with van der Waals surface area (Å²) >= 11 is 0. The molecule has 6 nitrogen and oxygen atoms in total. The maximum Gasteiger partial charge on any atom is 0.340 e. The molecule has 1 rings (SSSR count). The van der Waals surface area contributed by atoms with Gasteiger partial charge in [-0.3, -0.25) is 9.78 Å². The van der Waals surface area contributed by atoms with Gasteiger partial charge in [-0.25, -0.2) is 9.89 Å². The number of hydrogen-bond acceptors (Lipinski definition) is 3. The topological polar surface area (TPSA) is 98.8 Å². The van der Waals surface area contributed by atoms with E-state index in [0.29, 0.717) is 12.2 Å². The molecule has 0 spiro atoms. The van der Waals surface area contributed by atoms with Crippen LogP contribution in [0.3, 0.4) is 0 Å². The van der Waals surface area contributed by atoms with Crippen molar-refractivity contribution >= 4 is 5.97 Å². The van der Waals surface area contributed by atoms with Crippen LogP contribution in [0.4, 0.5) is 0 Å². The zero-order valence-corrected chi connectivity index (χ0v) is 7.20. The fourth-order valence-electron chi connectivity index (χ4n) is 1.10. The van der Waals surface area contributed by atoms with E-state index in [9.17, 15) is 9.59 Å². The molecule has 0 radical (unpaired) electrons. The molecule has 0 aliphatic rings. The van der Waals surface area contributed by atoms with Crippen LogP contribution < -0.4 is 5.69 Å². The largest absolute Gasteiger partial charge is 0.481 e. The van der Waals surface area contributed by atoms with Gasteiger partial charge in [-0.15, -0.1) is 0 Å². The Morgan fingerprint density at radius 2 is 2.38 bits per heavy atom. The van der Waals surface area contributed by atoms with Gasteiger partial charge in [0, 0.05) is 12.8 Å². The molecule has 3 N–H and O–H groups in total. The molecule has 1 aromatic heterocycles. The van der Waals surface area contributed by atoms with Crippen LogP contribution in [0.1, 0.15) is 19.2 Å². The van der Waals surface area contributed by atoms with Crippen molar-refractivity contribution in [3.63, 3.8) is 0 Å². The molecule has 1 heterocycles. The van der Waals surface area contributed by atoms with E-state index < -0.39 is 5.97 Å². The summed E-state index contributed by atoms with van der Waals surface area (Å²) < 4.78 is 0. The lowest BCUT2D eigenvalue weighted by Gasteiger charge is -2.03. The summed E-state index contributed by atoms with van der Waals surface area (Å²) in [6, 6.07) is 0. The molecule has 1 atom stereocenters. The van der Waals surface area contributed by atoms with Crippen LogP contribution in [0.15, 0.2) is 4.79 Å². The Morgan fingerprint density at radius 3 is 2.85 bits per heavy atom. The molecule has 0 amide bonds. The average Bonchev–Trinajstić information content (AvgIpc) is 2.33. The molecular formula is C7H11N3O3. The highest BCUT2D eigenvalue weighted by Crippen LogP contribution is 2.06. The summed E-state index contributed by atoms with van der Waals surface area (Å²) in [5.74, 6) is -0.374. The molecule has 6 heteroatoms. The quantitative estimate of drug-likeness (QED) is 0.602. The summed E-state index contributed by atoms with van der Waals surface area (Å²) in [4.78, 5) is 23.4. The van der Waals surface area contributed by atoms with E-state index in [0.717, 1.165) is 0 Å². The van der Waals surface area contributed by atoms with Gasteiger partial charge in [-0.1, -0.05) is 6.92 Å². The molecule has 72 valence electrons. The Bertz CT molecular complexity index is 341. The molecule has 1 aromatic rings. The Hall–Kier alpha value is -1.59. The predicted molar refractivity (Wildman–Crippen MR) is 44.3 cm³/mol. The number of rotatable bonds is 4. The highest BCUT2D eigenvalue weighted by molar-refractivity contribution is 5.66. The first-order valence-electron chi connectivity index (χ1n) is 3.93. The third kappa shape index (κ3) is 3.10. The molecule has 0 fully saturated rings. The first-order chi connectivity index (χ1) is 6.08. The molecule has 0 saturated heterocycles. The first kappa shape index (κ1) is 9.50. The highest BCUT2D eigenvalue weighted by atomic mass is 16.4. The molecule has 0 bridgehead atoms. The lowest BCUT2D eigenvalue weighted by atomic mass is 10.0. The van der Waals surface area contributed by atoms with E-state index in [2.05, 4.69) is 15.2 Å². The van der Waals surface area contributed by atoms with Crippen molar-refractivity contribution in [2.24, 2.45) is 5.92 Å². The summed E-state index contributed by atoms with van der Waals surface area (Å²) in [7, 11) is 0. The maximum absolute atomic E-state index is 10.6. The zero-order valence-electron chi connectivity index (χ0n) is 7.20. The first-order valence-corrected chi connectivity index (χ1v) is 3.93. The number of aliphatic carboxylic acids is 1. The summed E-state index contributed by atoms with van der Waals surface area (Å²) in [6.45, 7) is 1.79. The van der Waals surface area contributed by atoms with Gasteiger partial charge in [0.05, 0.1) is 0 Å². The maximum atomic E-state index is 10.6. The van der Waals surface area contributed by atoms with Crippen molar-refractivity contribution in [2.75, 3.05) is 0 Å². The van der Waals surface area contributed by atoms with Crippen LogP contribution in [-0.4, -0.2) is 26.3 Å². The van der Waals surface area contributed by atoms with Crippen molar-refractivity contribution in [1.29, 1.82) is 0 Å². The normalized spacial score (nSPS) is 12.7. The minimum Gasteiger partial charge on any atom is -0.481 e. The molecular weight excluding hydrogens is 174 g/mol. The van der Waals surface area contributed by atoms with E-state index >= 15 is 0 Å². The Morgan fingerprint density at radius 1 is 1.69 bits per heavy atom. The fraction of sp³-hybridized carbons (Fsp3) is 0.571. The van der Waals surface area contributed by atoms with Gasteiger partial charge in [-0.05, 0) is 5.92 Å². The third-order valence-corrected chi connectivity index (χ3v) is 1.62. The number of hydrogen-bond donors (Lipinski definition) is 3. The van der Waals surface area contributed by atoms with Crippen LogP contribution in [0.25, 0.3) is 0 Å². The summed E-state index contributed by atoms with van der Waals surface area (Å²) in [6.07, 6.45) is 0.542. The average molecular weight is 185 g/mol. The molecule has 0 aromatic carbocycles. The zero-order chi connectivity index (χ0) is 9.84. The smallest absolute Gasteiger partial charge is 0.340 e. The van der Waals surface area contributed by atoms with Crippen molar-refractivity contribution in [1.82, 2.24) is 15.2 Å². The number of nitrogens with one attached hydrogen (secondary N) is 2. The van der Waals surface area contributed by atoms with Gasteiger partial charge in [0.25, 0.3) is 0 Å². The van der Waals surface area contributed by atoms with Gasteiger partial charge in [0.15, 0.2) is 0 Å². The Labute approximate surface area is 74.0 Å². The Kier molecular flexibility index (Phi) is 2.84. The highest BCUT2D eigenvalue weighted by Gasteiger charge is 2.10. The molecule has 13 heavy (non-hydrogen) atoms. The molecule has 0 aliphatic heterocycles. The van der Waals surface area contributed by atoms with Gasteiger partial charge >= 0.3 is 11.7 Å². The van der Waals surface area contributed by atoms with E-state index in [4.69, 9.17) is 5.11 Å². The van der Waals surface area contributed by atoms with Crippen molar-refractivity contribution in [3.8, 4) is 0 Å². The standard InChI is InChI=1S/C7H11N3O3/c1-4(3-6(11)12)2-5-8-7(13)10-9-5/h4H,2-3H2,1H3,(H,11,12)(H2,8,9,10,13). The SMILES string of the molecule is CC(CC(=O)O)Cc1n[nH]c(=O)[nH]1. The number of aromatic amines is 2. The van der Waals surface area contributed by atoms with E-state index in [-0.39, 0.29) is 18.0 Å². The van der Waals surface area contributed by atoms with Crippen LogP contribution in [0.5, 0.6) is 0 Å². The van der Waals surface area contributed by atoms with Crippen molar-refractivity contribution in [2.45, 2.75) is 19.8 Å². The number of H-pyrrole nitrogens is 2. The monoisotopic (exact) mass is 185 g/mol. The second kappa shape index (κ2) is 3.88. The lowest BCUT2D eigenvalue weighted by Crippen LogP contribution is -2.08. The molecule has 0 saturated carbocycles. The number of carboxylic acid groups (broad SMARTS) is 1. The minimum atomic E-state index is -0.842. The molecule has 0 aliphatic carbocycles. The Balaban J connectivity index is 2.49. The van der Waals surface area contributed by atoms with Crippen molar-refractivity contribution < 1.29 is 9.90 Å². The predicted octanol–water partition coefficient (Wildman–Crippen LogP) is -0.249. The van der Waals surface area contributed by atoms with Gasteiger partial charge in [0.2, 0.25) is 0 Å². The van der Waals surface area contributed by atoms with Crippen LogP contribution >= 0.6 is 0 Å². The van der Waals surface area contributed by atoms with Gasteiger partial charge < -0.3 is 5.11 Å². The van der Waals surface area contributed by atoms with Crippen LogP contribution in [0.2, 0.25) is 0 Å². The summed E-state index contributed by atoms with van der Waals surface area (Å²) in [5.41, 5.74) is -0.363. The number of aromatic nitrogens is 3. The van der Waals surface area contributed by atoms with Gasteiger partial charge in [0.1, 0.15) is 5.82 Å². The fourth-order valence-corrected chi connectivity index (χ4v) is 1.10. The minimum absolute atomic E-state index is 0.0311. The third-order valence-electron chi connectivity index (χ3n) is 1.62. The number of carboxylic acids is 1. The number of nitrogens with zero attached hydrogens (tertiary/aromatic N) is 1. The summed E-state index contributed by atoms with van der Waals surface area (Å²) in [5, 5.41) is 14.4. The van der Waals surface area contributed by atoms with Gasteiger partial charge in [-0.2, -0.15) is 5.10 Å². The van der Waals surface area contributed by atoms with Crippen LogP contribution in [-0.2, 0) is 11.2 Å². The van der Waals surface area contributed by atoms with E-state index in [1.165, 1.54) is 0 Å². The second-order valence-electron chi connectivity index (χ2n) is 3.03. The molecule has 1 unspecified atom stereocenters. The van der Waals surface area contributed by atoms with Crippen LogP contribution in [0, 0.1) is 5.92 Å². The van der Waals surface area contributed by atoms with E-state index in [1.54, 1.807) is 6.92 Å². The second-order valence-corrected chi connectivity index (χ2v) is 3.03. The lowest BCUT2D eigenvalue weighted by molar-refractivity contribution is -0.137. The number of carbonyl (C=O) groups is 1. The van der Waals surface area contributed by atoms with Crippen molar-refractivity contribution in [3.05, 3.63) is 16.3 Å². The van der Waals surface area contributed by atoms with E-state index in [1.807, 2.05) is 0 Å².